The molecule has 0 saturated carbocycles. The van der Waals surface area contributed by atoms with Crippen molar-refractivity contribution in [3.05, 3.63) is 104 Å². The number of aromatic nitrogens is 1. The molecule has 0 radical (unpaired) electrons. The van der Waals surface area contributed by atoms with E-state index in [-0.39, 0.29) is 10.7 Å². The first-order valence-corrected chi connectivity index (χ1v) is 10.9. The van der Waals surface area contributed by atoms with Crippen LogP contribution in [0.3, 0.4) is 0 Å². The smallest absolute Gasteiger partial charge is 0.274 e. The van der Waals surface area contributed by atoms with E-state index in [9.17, 15) is 4.79 Å². The number of benzene rings is 3. The van der Waals surface area contributed by atoms with Gasteiger partial charge in [0.25, 0.3) is 5.91 Å². The van der Waals surface area contributed by atoms with Crippen LogP contribution in [0.1, 0.15) is 21.5 Å². The number of carbonyl (C=O) groups excluding carboxylic acids is 1. The van der Waals surface area contributed by atoms with Crippen LogP contribution < -0.4 is 10.2 Å². The number of rotatable bonds is 6. The molecular formula is C24H17ClIN3O2. The van der Waals surface area contributed by atoms with Crippen molar-refractivity contribution in [2.24, 2.45) is 5.10 Å². The highest BCUT2D eigenvalue weighted by Crippen LogP contribution is 2.25. The van der Waals surface area contributed by atoms with Gasteiger partial charge in [0.05, 0.1) is 15.3 Å². The van der Waals surface area contributed by atoms with Crippen molar-refractivity contribution in [2.75, 3.05) is 0 Å². The summed E-state index contributed by atoms with van der Waals surface area (Å²) >= 11 is 8.15. The van der Waals surface area contributed by atoms with Gasteiger partial charge in [-0.3, -0.25) is 4.79 Å². The molecule has 154 valence electrons. The number of halogens is 2. The zero-order valence-corrected chi connectivity index (χ0v) is 19.2. The Labute approximate surface area is 198 Å². The molecule has 1 amide bonds. The van der Waals surface area contributed by atoms with Gasteiger partial charge >= 0.3 is 0 Å². The Bertz CT molecular complexity index is 1270. The van der Waals surface area contributed by atoms with Gasteiger partial charge in [0, 0.05) is 6.20 Å². The summed E-state index contributed by atoms with van der Waals surface area (Å²) in [5, 5.41) is 6.52. The van der Waals surface area contributed by atoms with Crippen molar-refractivity contribution >= 4 is 57.1 Å². The summed E-state index contributed by atoms with van der Waals surface area (Å²) in [5.74, 6) is 0.371. The van der Waals surface area contributed by atoms with E-state index in [0.717, 1.165) is 20.4 Å². The van der Waals surface area contributed by atoms with Gasteiger partial charge in [-0.1, -0.05) is 54.1 Å². The summed E-state index contributed by atoms with van der Waals surface area (Å²) in [6.07, 6.45) is 3.09. The second-order valence-corrected chi connectivity index (χ2v) is 8.18. The van der Waals surface area contributed by atoms with E-state index in [1.54, 1.807) is 18.3 Å². The second-order valence-electron chi connectivity index (χ2n) is 6.66. The van der Waals surface area contributed by atoms with Gasteiger partial charge in [0.15, 0.2) is 0 Å². The van der Waals surface area contributed by atoms with Crippen LogP contribution in [0.15, 0.2) is 84.1 Å². The Balaban J connectivity index is 1.40. The van der Waals surface area contributed by atoms with Crippen LogP contribution in [0.4, 0.5) is 0 Å². The number of ether oxygens (including phenoxy) is 1. The van der Waals surface area contributed by atoms with Gasteiger partial charge in [-0.05, 0) is 74.8 Å². The molecule has 0 aliphatic carbocycles. The molecule has 4 aromatic rings. The molecule has 5 nitrogen and oxygen atoms in total. The van der Waals surface area contributed by atoms with Crippen LogP contribution in [0.25, 0.3) is 10.8 Å². The number of hydrogen-bond donors (Lipinski definition) is 1. The maximum atomic E-state index is 12.1. The number of pyridine rings is 1. The molecule has 1 heterocycles. The number of hydrazone groups is 1. The molecule has 0 saturated heterocycles. The van der Waals surface area contributed by atoms with Crippen molar-refractivity contribution in [1.82, 2.24) is 10.4 Å². The van der Waals surface area contributed by atoms with Crippen molar-refractivity contribution in [3.63, 3.8) is 0 Å². The van der Waals surface area contributed by atoms with Gasteiger partial charge in [0.1, 0.15) is 17.5 Å². The normalized spacial score (nSPS) is 11.0. The molecule has 0 bridgehead atoms. The van der Waals surface area contributed by atoms with Crippen LogP contribution in [0, 0.1) is 3.57 Å². The summed E-state index contributed by atoms with van der Waals surface area (Å²) in [4.78, 5) is 16.0. The zero-order valence-electron chi connectivity index (χ0n) is 16.3. The molecule has 0 unspecified atom stereocenters. The zero-order chi connectivity index (χ0) is 21.6. The van der Waals surface area contributed by atoms with E-state index in [4.69, 9.17) is 16.3 Å². The lowest BCUT2D eigenvalue weighted by Gasteiger charge is -2.11. The van der Waals surface area contributed by atoms with Crippen LogP contribution >= 0.6 is 34.2 Å². The van der Waals surface area contributed by atoms with Gasteiger partial charge < -0.3 is 4.74 Å². The van der Waals surface area contributed by atoms with Gasteiger partial charge in [-0.25, -0.2) is 10.4 Å². The van der Waals surface area contributed by atoms with Crippen molar-refractivity contribution in [2.45, 2.75) is 6.61 Å². The van der Waals surface area contributed by atoms with Crippen LogP contribution in [-0.4, -0.2) is 17.1 Å². The fourth-order valence-electron chi connectivity index (χ4n) is 3.07. The molecule has 0 fully saturated rings. The molecule has 0 aliphatic rings. The maximum Gasteiger partial charge on any atom is 0.274 e. The quantitative estimate of drug-likeness (QED) is 0.144. The van der Waals surface area contributed by atoms with Gasteiger partial charge in [0.2, 0.25) is 0 Å². The Morgan fingerprint density at radius 3 is 2.77 bits per heavy atom. The van der Waals surface area contributed by atoms with E-state index < -0.39 is 5.91 Å². The van der Waals surface area contributed by atoms with E-state index in [2.05, 4.69) is 62.4 Å². The van der Waals surface area contributed by atoms with Crippen LogP contribution in [-0.2, 0) is 6.61 Å². The first kappa shape index (κ1) is 21.3. The lowest BCUT2D eigenvalue weighted by Crippen LogP contribution is -2.18. The van der Waals surface area contributed by atoms with Gasteiger partial charge in [-0.2, -0.15) is 5.10 Å². The Morgan fingerprint density at radius 2 is 1.94 bits per heavy atom. The third kappa shape index (κ3) is 5.21. The minimum Gasteiger partial charge on any atom is -0.488 e. The fraction of sp³-hybridized carbons (Fsp3) is 0.0417. The van der Waals surface area contributed by atoms with Crippen LogP contribution in [0.2, 0.25) is 5.15 Å². The highest BCUT2D eigenvalue weighted by Gasteiger charge is 2.09. The minimum absolute atomic E-state index is 0.137. The fourth-order valence-corrected chi connectivity index (χ4v) is 3.97. The highest BCUT2D eigenvalue weighted by molar-refractivity contribution is 14.1. The van der Waals surface area contributed by atoms with Crippen LogP contribution in [0.5, 0.6) is 5.75 Å². The lowest BCUT2D eigenvalue weighted by molar-refractivity contribution is 0.0955. The highest BCUT2D eigenvalue weighted by atomic mass is 127. The minimum atomic E-state index is -0.418. The third-order valence-electron chi connectivity index (χ3n) is 4.60. The predicted octanol–water partition coefficient (Wildman–Crippen LogP) is 5.84. The standard InChI is InChI=1S/C24H17ClIN3O2/c25-23-20(9-4-12-27-23)24(30)29-28-14-16-10-11-22(21(26)13-16)31-15-18-7-3-6-17-5-1-2-8-19(17)18/h1-14H,15H2,(H,29,30). The molecule has 0 atom stereocenters. The third-order valence-corrected chi connectivity index (χ3v) is 5.75. The van der Waals surface area contributed by atoms with E-state index >= 15 is 0 Å². The topological polar surface area (TPSA) is 63.6 Å². The molecule has 0 spiro atoms. The van der Waals surface area contributed by atoms with Gasteiger partial charge in [-0.15, -0.1) is 0 Å². The average molecular weight is 542 g/mol. The molecule has 31 heavy (non-hydrogen) atoms. The second kappa shape index (κ2) is 9.89. The molecule has 1 N–H and O–H groups in total. The summed E-state index contributed by atoms with van der Waals surface area (Å²) in [6, 6.07) is 23.4. The molecule has 4 rings (SSSR count). The molecule has 0 aliphatic heterocycles. The number of carbonyl (C=O) groups is 1. The summed E-state index contributed by atoms with van der Waals surface area (Å²) in [5.41, 5.74) is 4.70. The van der Waals surface area contributed by atoms with E-state index in [0.29, 0.717) is 6.61 Å². The van der Waals surface area contributed by atoms with Crippen molar-refractivity contribution in [3.8, 4) is 5.75 Å². The summed E-state index contributed by atoms with van der Waals surface area (Å²) < 4.78 is 7.00. The van der Waals surface area contributed by atoms with Crippen molar-refractivity contribution in [1.29, 1.82) is 0 Å². The van der Waals surface area contributed by atoms with Crippen molar-refractivity contribution < 1.29 is 9.53 Å². The number of nitrogens with zero attached hydrogens (tertiary/aromatic N) is 2. The molecule has 3 aromatic carbocycles. The SMILES string of the molecule is O=C(NN=Cc1ccc(OCc2cccc3ccccc23)c(I)c1)c1cccnc1Cl. The Hall–Kier alpha value is -2.97. The molecule has 1 aromatic heterocycles. The summed E-state index contributed by atoms with van der Waals surface area (Å²) in [7, 11) is 0. The average Bonchev–Trinajstić information content (AvgIpc) is 2.79. The first-order chi connectivity index (χ1) is 15.1. The number of nitrogens with one attached hydrogen (secondary N) is 1. The predicted molar refractivity (Wildman–Crippen MR) is 132 cm³/mol. The summed E-state index contributed by atoms with van der Waals surface area (Å²) in [6.45, 7) is 0.479. The first-order valence-electron chi connectivity index (χ1n) is 9.45. The number of amides is 1. The largest absolute Gasteiger partial charge is 0.488 e. The van der Waals surface area contributed by atoms with E-state index in [1.165, 1.54) is 17.0 Å². The lowest BCUT2D eigenvalue weighted by atomic mass is 10.1. The monoisotopic (exact) mass is 541 g/mol. The molecular weight excluding hydrogens is 525 g/mol. The van der Waals surface area contributed by atoms with E-state index in [1.807, 2.05) is 36.4 Å². The number of hydrogen-bond acceptors (Lipinski definition) is 4. The molecule has 7 heteroatoms. The maximum absolute atomic E-state index is 12.1. The Kier molecular flexibility index (Phi) is 6.79. The Morgan fingerprint density at radius 1 is 1.10 bits per heavy atom. The number of fused-ring (bicyclic) bond motifs is 1.